The SMILES string of the molecule is CC(C)Oc1ccc(/C(O)=C2\C(=O)C(=O)N(Cc3cccnc3)[C@H]2c2ccc(Cl)cc2Cl)cc1. The molecule has 174 valence electrons. The van der Waals surface area contributed by atoms with Gasteiger partial charge in [-0.2, -0.15) is 0 Å². The number of rotatable bonds is 6. The highest BCUT2D eigenvalue weighted by Gasteiger charge is 2.46. The molecular formula is C26H22Cl2N2O4. The van der Waals surface area contributed by atoms with Gasteiger partial charge < -0.3 is 14.7 Å². The third kappa shape index (κ3) is 4.79. The van der Waals surface area contributed by atoms with Crippen LogP contribution in [0.3, 0.4) is 0 Å². The number of hydrogen-bond acceptors (Lipinski definition) is 5. The van der Waals surface area contributed by atoms with Crippen molar-refractivity contribution in [3.63, 3.8) is 0 Å². The number of likely N-dealkylation sites (tertiary alicyclic amines) is 1. The molecule has 6 nitrogen and oxygen atoms in total. The van der Waals surface area contributed by atoms with Gasteiger partial charge in [-0.25, -0.2) is 0 Å². The van der Waals surface area contributed by atoms with E-state index >= 15 is 0 Å². The highest BCUT2D eigenvalue weighted by molar-refractivity contribution is 6.47. The molecule has 1 fully saturated rings. The number of aliphatic hydroxyl groups is 1. The minimum atomic E-state index is -0.906. The molecule has 1 N–H and O–H groups in total. The molecule has 0 radical (unpaired) electrons. The summed E-state index contributed by atoms with van der Waals surface area (Å²) in [5, 5.41) is 11.9. The first kappa shape index (κ1) is 23.8. The van der Waals surface area contributed by atoms with Crippen molar-refractivity contribution in [1.82, 2.24) is 9.88 Å². The van der Waals surface area contributed by atoms with Crippen LogP contribution in [0.5, 0.6) is 5.75 Å². The van der Waals surface area contributed by atoms with E-state index in [4.69, 9.17) is 27.9 Å². The molecule has 2 aromatic carbocycles. The zero-order valence-electron chi connectivity index (χ0n) is 18.5. The fourth-order valence-corrected chi connectivity index (χ4v) is 4.41. The van der Waals surface area contributed by atoms with Crippen LogP contribution in [-0.4, -0.2) is 32.8 Å². The van der Waals surface area contributed by atoms with Gasteiger partial charge in [-0.05, 0) is 67.4 Å². The average Bonchev–Trinajstić information content (AvgIpc) is 3.04. The second-order valence-electron chi connectivity index (χ2n) is 8.15. The van der Waals surface area contributed by atoms with E-state index in [2.05, 4.69) is 4.98 Å². The number of nitrogens with zero attached hydrogens (tertiary/aromatic N) is 2. The molecule has 0 saturated carbocycles. The number of aliphatic hydroxyl groups excluding tert-OH is 1. The fourth-order valence-electron chi connectivity index (χ4n) is 3.90. The Morgan fingerprint density at radius 2 is 1.85 bits per heavy atom. The molecule has 1 saturated heterocycles. The largest absolute Gasteiger partial charge is 0.507 e. The number of halogens is 2. The molecule has 4 rings (SSSR count). The summed E-state index contributed by atoms with van der Waals surface area (Å²) in [6.45, 7) is 3.93. The number of ether oxygens (including phenoxy) is 1. The zero-order valence-corrected chi connectivity index (χ0v) is 20.0. The van der Waals surface area contributed by atoms with Gasteiger partial charge in [-0.1, -0.05) is 35.3 Å². The van der Waals surface area contributed by atoms with Crippen LogP contribution in [0.25, 0.3) is 5.76 Å². The smallest absolute Gasteiger partial charge is 0.295 e. The van der Waals surface area contributed by atoms with E-state index in [9.17, 15) is 14.7 Å². The highest BCUT2D eigenvalue weighted by Crippen LogP contribution is 2.43. The lowest BCUT2D eigenvalue weighted by Gasteiger charge is -2.26. The van der Waals surface area contributed by atoms with Gasteiger partial charge in [0.05, 0.1) is 17.7 Å². The molecule has 0 bridgehead atoms. The predicted molar refractivity (Wildman–Crippen MR) is 131 cm³/mol. The number of pyridine rings is 1. The lowest BCUT2D eigenvalue weighted by molar-refractivity contribution is -0.140. The number of Topliss-reactive ketones (excluding diaryl/α,β-unsaturated/α-hetero) is 1. The van der Waals surface area contributed by atoms with Crippen LogP contribution in [0, 0.1) is 0 Å². The normalized spacial score (nSPS) is 17.4. The minimum Gasteiger partial charge on any atom is -0.507 e. The number of aromatic nitrogens is 1. The van der Waals surface area contributed by atoms with Gasteiger partial charge in [-0.3, -0.25) is 14.6 Å². The van der Waals surface area contributed by atoms with E-state index in [0.717, 1.165) is 5.56 Å². The predicted octanol–water partition coefficient (Wildman–Crippen LogP) is 5.80. The van der Waals surface area contributed by atoms with Crippen molar-refractivity contribution in [2.75, 3.05) is 0 Å². The number of carbonyl (C=O) groups is 2. The molecule has 0 aliphatic carbocycles. The summed E-state index contributed by atoms with van der Waals surface area (Å²) in [4.78, 5) is 31.8. The number of hydrogen-bond donors (Lipinski definition) is 1. The summed E-state index contributed by atoms with van der Waals surface area (Å²) >= 11 is 12.6. The van der Waals surface area contributed by atoms with Crippen molar-refractivity contribution in [1.29, 1.82) is 0 Å². The number of benzene rings is 2. The van der Waals surface area contributed by atoms with E-state index in [1.54, 1.807) is 67.0 Å². The molecule has 3 aromatic rings. The van der Waals surface area contributed by atoms with Crippen LogP contribution in [0.4, 0.5) is 0 Å². The lowest BCUT2D eigenvalue weighted by Crippen LogP contribution is -2.29. The Hall–Kier alpha value is -3.35. The summed E-state index contributed by atoms with van der Waals surface area (Å²) in [5.41, 5.74) is 1.55. The first-order chi connectivity index (χ1) is 16.3. The summed E-state index contributed by atoms with van der Waals surface area (Å²) in [6, 6.07) is 14.2. The van der Waals surface area contributed by atoms with E-state index in [0.29, 0.717) is 21.9 Å². The average molecular weight is 497 g/mol. The van der Waals surface area contributed by atoms with Gasteiger partial charge in [0.15, 0.2) is 0 Å². The summed E-state index contributed by atoms with van der Waals surface area (Å²) < 4.78 is 5.65. The monoisotopic (exact) mass is 496 g/mol. The quantitative estimate of drug-likeness (QED) is 0.265. The lowest BCUT2D eigenvalue weighted by atomic mass is 9.95. The molecule has 1 aliphatic rings. The van der Waals surface area contributed by atoms with Crippen LogP contribution >= 0.6 is 23.2 Å². The molecule has 1 aromatic heterocycles. The van der Waals surface area contributed by atoms with Crippen LogP contribution in [0.2, 0.25) is 10.0 Å². The maximum Gasteiger partial charge on any atom is 0.295 e. The molecule has 1 amide bonds. The Kier molecular flexibility index (Phi) is 6.91. The second kappa shape index (κ2) is 9.87. The van der Waals surface area contributed by atoms with Crippen LogP contribution in [-0.2, 0) is 16.1 Å². The van der Waals surface area contributed by atoms with Gasteiger partial charge in [0.2, 0.25) is 0 Å². The Morgan fingerprint density at radius 3 is 2.47 bits per heavy atom. The number of carbonyl (C=O) groups excluding carboxylic acids is 2. The topological polar surface area (TPSA) is 79.7 Å². The molecule has 34 heavy (non-hydrogen) atoms. The molecule has 0 unspecified atom stereocenters. The van der Waals surface area contributed by atoms with E-state index < -0.39 is 17.7 Å². The first-order valence-corrected chi connectivity index (χ1v) is 11.4. The Labute approximate surface area is 207 Å². The minimum absolute atomic E-state index is 0.00991. The van der Waals surface area contributed by atoms with Crippen molar-refractivity contribution in [3.8, 4) is 5.75 Å². The highest BCUT2D eigenvalue weighted by atomic mass is 35.5. The summed E-state index contributed by atoms with van der Waals surface area (Å²) in [5.74, 6) is -1.19. The maximum atomic E-state index is 13.2. The van der Waals surface area contributed by atoms with Crippen LogP contribution in [0.15, 0.2) is 72.6 Å². The van der Waals surface area contributed by atoms with Crippen molar-refractivity contribution in [3.05, 3.63) is 99.3 Å². The third-order valence-electron chi connectivity index (χ3n) is 5.37. The van der Waals surface area contributed by atoms with Gasteiger partial charge in [0.1, 0.15) is 11.5 Å². The fraction of sp³-hybridized carbons (Fsp3) is 0.192. The molecular weight excluding hydrogens is 475 g/mol. The van der Waals surface area contributed by atoms with Crippen molar-refractivity contribution in [2.24, 2.45) is 0 Å². The first-order valence-electron chi connectivity index (χ1n) is 10.7. The van der Waals surface area contributed by atoms with Crippen molar-refractivity contribution >= 4 is 40.7 Å². The Morgan fingerprint density at radius 1 is 1.12 bits per heavy atom. The van der Waals surface area contributed by atoms with E-state index in [-0.39, 0.29) is 29.0 Å². The number of ketones is 1. The van der Waals surface area contributed by atoms with Gasteiger partial charge in [0, 0.05) is 34.5 Å². The van der Waals surface area contributed by atoms with Crippen molar-refractivity contribution < 1.29 is 19.4 Å². The number of amides is 1. The zero-order chi connectivity index (χ0) is 24.4. The van der Waals surface area contributed by atoms with Gasteiger partial charge in [0.25, 0.3) is 11.7 Å². The second-order valence-corrected chi connectivity index (χ2v) is 8.99. The van der Waals surface area contributed by atoms with Gasteiger partial charge in [-0.15, -0.1) is 0 Å². The Bertz CT molecular complexity index is 1260. The summed E-state index contributed by atoms with van der Waals surface area (Å²) in [7, 11) is 0. The van der Waals surface area contributed by atoms with Crippen LogP contribution in [0.1, 0.15) is 36.6 Å². The van der Waals surface area contributed by atoms with Crippen LogP contribution < -0.4 is 4.74 Å². The molecule has 2 heterocycles. The third-order valence-corrected chi connectivity index (χ3v) is 5.93. The molecule has 8 heteroatoms. The molecule has 1 atom stereocenters. The van der Waals surface area contributed by atoms with Crippen molar-refractivity contribution in [2.45, 2.75) is 32.5 Å². The van der Waals surface area contributed by atoms with Gasteiger partial charge >= 0.3 is 0 Å². The summed E-state index contributed by atoms with van der Waals surface area (Å²) in [6.07, 6.45) is 3.23. The van der Waals surface area contributed by atoms with E-state index in [1.165, 1.54) is 4.90 Å². The standard InChI is InChI=1S/C26H22Cl2N2O4/c1-15(2)34-19-8-5-17(6-9-19)24(31)22-23(20-10-7-18(27)12-21(20)28)30(26(33)25(22)32)14-16-4-3-11-29-13-16/h3-13,15,23,31H,14H2,1-2H3/b24-22+/t23-/m0/s1. The molecule has 0 spiro atoms. The molecule has 1 aliphatic heterocycles. The van der Waals surface area contributed by atoms with E-state index in [1.807, 2.05) is 13.8 Å². The Balaban J connectivity index is 1.83. The maximum absolute atomic E-state index is 13.2.